The molecule has 0 bridgehead atoms. The summed E-state index contributed by atoms with van der Waals surface area (Å²) in [5.41, 5.74) is 6.38. The van der Waals surface area contributed by atoms with Gasteiger partial charge in [0.25, 0.3) is 0 Å². The molecule has 0 saturated heterocycles. The summed E-state index contributed by atoms with van der Waals surface area (Å²) in [7, 11) is 1.79. The molecule has 0 aromatic carbocycles. The fourth-order valence-electron chi connectivity index (χ4n) is 1.33. The zero-order valence-electron chi connectivity index (χ0n) is 9.58. The van der Waals surface area contributed by atoms with Gasteiger partial charge in [0.05, 0.1) is 6.54 Å². The van der Waals surface area contributed by atoms with E-state index in [0.29, 0.717) is 13.0 Å². The highest BCUT2D eigenvalue weighted by atomic mass is 16.2. The van der Waals surface area contributed by atoms with Gasteiger partial charge in [0, 0.05) is 30.9 Å². The van der Waals surface area contributed by atoms with Gasteiger partial charge in [-0.25, -0.2) is 0 Å². The van der Waals surface area contributed by atoms with Crippen LogP contribution in [0.25, 0.3) is 0 Å². The summed E-state index contributed by atoms with van der Waals surface area (Å²) in [4.78, 5) is 16.5. The lowest BCUT2D eigenvalue weighted by molar-refractivity contribution is -0.131. The van der Waals surface area contributed by atoms with Gasteiger partial charge in [-0.3, -0.25) is 4.79 Å². The smallest absolute Gasteiger partial charge is 0.224 e. The highest BCUT2D eigenvalue weighted by Crippen LogP contribution is 2.08. The number of carbonyl (C=O) groups excluding carboxylic acids is 1. The maximum Gasteiger partial charge on any atom is 0.224 e. The molecule has 1 rings (SSSR count). The summed E-state index contributed by atoms with van der Waals surface area (Å²) in [6.07, 6.45) is 2.21. The molecule has 3 N–H and O–H groups in total. The van der Waals surface area contributed by atoms with Crippen molar-refractivity contribution in [3.8, 4) is 0 Å². The highest BCUT2D eigenvalue weighted by molar-refractivity contribution is 5.76. The Balaban J connectivity index is 2.47. The van der Waals surface area contributed by atoms with Crippen LogP contribution >= 0.6 is 0 Å². The molecule has 1 amide bonds. The van der Waals surface area contributed by atoms with Crippen molar-refractivity contribution in [3.05, 3.63) is 24.0 Å². The van der Waals surface area contributed by atoms with E-state index < -0.39 is 5.54 Å². The molecule has 84 valence electrons. The van der Waals surface area contributed by atoms with Gasteiger partial charge in [-0.1, -0.05) is 0 Å². The molecule has 0 spiro atoms. The van der Waals surface area contributed by atoms with Crippen molar-refractivity contribution < 1.29 is 4.79 Å². The van der Waals surface area contributed by atoms with Crippen LogP contribution in [-0.2, 0) is 11.3 Å². The zero-order chi connectivity index (χ0) is 11.5. The minimum atomic E-state index is -0.443. The molecule has 0 saturated carbocycles. The van der Waals surface area contributed by atoms with E-state index in [4.69, 9.17) is 5.73 Å². The quantitative estimate of drug-likeness (QED) is 0.780. The lowest BCUT2D eigenvalue weighted by Crippen LogP contribution is -2.39. The fourth-order valence-corrected chi connectivity index (χ4v) is 1.33. The number of aromatic amines is 1. The van der Waals surface area contributed by atoms with E-state index in [2.05, 4.69) is 4.98 Å². The molecule has 4 heteroatoms. The monoisotopic (exact) mass is 209 g/mol. The summed E-state index contributed by atoms with van der Waals surface area (Å²) < 4.78 is 0. The Morgan fingerprint density at radius 1 is 1.60 bits per heavy atom. The molecular weight excluding hydrogens is 190 g/mol. The Morgan fingerprint density at radius 3 is 2.73 bits per heavy atom. The van der Waals surface area contributed by atoms with Gasteiger partial charge in [0.15, 0.2) is 0 Å². The normalized spacial score (nSPS) is 11.5. The summed E-state index contributed by atoms with van der Waals surface area (Å²) in [5, 5.41) is 0. The molecule has 1 aromatic heterocycles. The third kappa shape index (κ3) is 4.16. The van der Waals surface area contributed by atoms with E-state index in [0.717, 1.165) is 5.69 Å². The second kappa shape index (κ2) is 4.49. The van der Waals surface area contributed by atoms with Crippen molar-refractivity contribution in [2.75, 3.05) is 7.05 Å². The number of H-pyrrole nitrogens is 1. The SMILES string of the molecule is CN(Cc1ccc[nH]1)C(=O)CC(C)(C)N. The van der Waals surface area contributed by atoms with Crippen LogP contribution in [0.1, 0.15) is 26.0 Å². The predicted molar refractivity (Wildman–Crippen MR) is 60.2 cm³/mol. The Morgan fingerprint density at radius 2 is 2.27 bits per heavy atom. The van der Waals surface area contributed by atoms with Crippen LogP contribution in [0.3, 0.4) is 0 Å². The minimum Gasteiger partial charge on any atom is -0.364 e. The van der Waals surface area contributed by atoms with Crippen LogP contribution in [0, 0.1) is 0 Å². The number of nitrogens with two attached hydrogens (primary N) is 1. The first kappa shape index (κ1) is 11.8. The van der Waals surface area contributed by atoms with Crippen LogP contribution in [-0.4, -0.2) is 28.4 Å². The summed E-state index contributed by atoms with van der Waals surface area (Å²) in [6, 6.07) is 3.87. The number of amides is 1. The number of hydrogen-bond donors (Lipinski definition) is 2. The molecule has 15 heavy (non-hydrogen) atoms. The lowest BCUT2D eigenvalue weighted by Gasteiger charge is -2.22. The molecule has 0 unspecified atom stereocenters. The van der Waals surface area contributed by atoms with E-state index in [1.165, 1.54) is 0 Å². The fraction of sp³-hybridized carbons (Fsp3) is 0.545. The Labute approximate surface area is 90.5 Å². The number of hydrogen-bond acceptors (Lipinski definition) is 2. The molecule has 0 fully saturated rings. The standard InChI is InChI=1S/C11H19N3O/c1-11(2,12)7-10(15)14(3)8-9-5-4-6-13-9/h4-6,13H,7-8,12H2,1-3H3. The lowest BCUT2D eigenvalue weighted by atomic mass is 10.0. The summed E-state index contributed by atoms with van der Waals surface area (Å²) in [5.74, 6) is 0.0668. The van der Waals surface area contributed by atoms with Crippen molar-refractivity contribution in [2.24, 2.45) is 5.73 Å². The van der Waals surface area contributed by atoms with Crippen molar-refractivity contribution >= 4 is 5.91 Å². The first-order valence-electron chi connectivity index (χ1n) is 5.03. The second-order valence-electron chi connectivity index (χ2n) is 4.61. The van der Waals surface area contributed by atoms with E-state index in [-0.39, 0.29) is 5.91 Å². The number of nitrogens with zero attached hydrogens (tertiary/aromatic N) is 1. The largest absolute Gasteiger partial charge is 0.364 e. The average Bonchev–Trinajstić information content (AvgIpc) is 2.53. The van der Waals surface area contributed by atoms with Crippen LogP contribution < -0.4 is 5.73 Å². The average molecular weight is 209 g/mol. The Kier molecular flexibility index (Phi) is 3.52. The zero-order valence-corrected chi connectivity index (χ0v) is 9.58. The van der Waals surface area contributed by atoms with Crippen molar-refractivity contribution in [3.63, 3.8) is 0 Å². The molecule has 4 nitrogen and oxygen atoms in total. The molecule has 0 aliphatic heterocycles. The first-order chi connectivity index (χ1) is 6.88. The van der Waals surface area contributed by atoms with Gasteiger partial charge in [-0.05, 0) is 26.0 Å². The van der Waals surface area contributed by atoms with Crippen LogP contribution in [0.2, 0.25) is 0 Å². The highest BCUT2D eigenvalue weighted by Gasteiger charge is 2.19. The van der Waals surface area contributed by atoms with Gasteiger partial charge in [0.1, 0.15) is 0 Å². The van der Waals surface area contributed by atoms with Crippen LogP contribution in [0.4, 0.5) is 0 Å². The molecule has 0 radical (unpaired) electrons. The van der Waals surface area contributed by atoms with Crippen LogP contribution in [0.5, 0.6) is 0 Å². The molecule has 1 heterocycles. The molecule has 0 aliphatic carbocycles. The van der Waals surface area contributed by atoms with Crippen molar-refractivity contribution in [1.29, 1.82) is 0 Å². The third-order valence-electron chi connectivity index (χ3n) is 2.10. The number of aromatic nitrogens is 1. The predicted octanol–water partition coefficient (Wildman–Crippen LogP) is 1.10. The summed E-state index contributed by atoms with van der Waals surface area (Å²) >= 11 is 0. The van der Waals surface area contributed by atoms with Crippen molar-refractivity contribution in [1.82, 2.24) is 9.88 Å². The minimum absolute atomic E-state index is 0.0668. The van der Waals surface area contributed by atoms with Gasteiger partial charge in [0.2, 0.25) is 5.91 Å². The molecule has 0 atom stereocenters. The van der Waals surface area contributed by atoms with E-state index >= 15 is 0 Å². The molecular formula is C11H19N3O. The third-order valence-corrected chi connectivity index (χ3v) is 2.10. The summed E-state index contributed by atoms with van der Waals surface area (Å²) in [6.45, 7) is 4.31. The Hall–Kier alpha value is -1.29. The molecule has 0 aliphatic rings. The van der Waals surface area contributed by atoms with Gasteiger partial charge < -0.3 is 15.6 Å². The number of rotatable bonds is 4. The van der Waals surface area contributed by atoms with Gasteiger partial charge >= 0.3 is 0 Å². The first-order valence-corrected chi connectivity index (χ1v) is 5.03. The maximum absolute atomic E-state index is 11.7. The van der Waals surface area contributed by atoms with Gasteiger partial charge in [-0.2, -0.15) is 0 Å². The van der Waals surface area contributed by atoms with Crippen LogP contribution in [0.15, 0.2) is 18.3 Å². The van der Waals surface area contributed by atoms with E-state index in [1.807, 2.05) is 32.2 Å². The Bertz CT molecular complexity index is 311. The van der Waals surface area contributed by atoms with Gasteiger partial charge in [-0.15, -0.1) is 0 Å². The topological polar surface area (TPSA) is 62.1 Å². The van der Waals surface area contributed by atoms with E-state index in [9.17, 15) is 4.79 Å². The molecule has 1 aromatic rings. The second-order valence-corrected chi connectivity index (χ2v) is 4.61. The van der Waals surface area contributed by atoms with E-state index in [1.54, 1.807) is 11.9 Å². The maximum atomic E-state index is 11.7. The number of nitrogens with one attached hydrogen (secondary N) is 1. The van der Waals surface area contributed by atoms with Crippen molar-refractivity contribution in [2.45, 2.75) is 32.4 Å². The number of carbonyl (C=O) groups is 1.